The fourth-order valence-electron chi connectivity index (χ4n) is 2.14. The van der Waals surface area contributed by atoms with Gasteiger partial charge in [-0.3, -0.25) is 4.79 Å². The monoisotopic (exact) mass is 367 g/mol. The maximum atomic E-state index is 11.9. The molecule has 0 saturated carbocycles. The number of hydrogen-bond acceptors (Lipinski definition) is 8. The van der Waals surface area contributed by atoms with E-state index in [1.54, 1.807) is 33.2 Å². The van der Waals surface area contributed by atoms with Crippen LogP contribution in [0.3, 0.4) is 0 Å². The number of thioether (sulfide) groups is 1. The number of amides is 1. The van der Waals surface area contributed by atoms with Crippen LogP contribution < -0.4 is 14.2 Å². The average Bonchev–Trinajstić information content (AvgIpc) is 3.07. The summed E-state index contributed by atoms with van der Waals surface area (Å²) >= 11 is 1.20. The summed E-state index contributed by atoms with van der Waals surface area (Å²) in [5, 5.41) is 8.01. The summed E-state index contributed by atoms with van der Waals surface area (Å²) in [7, 11) is 8.00. The van der Waals surface area contributed by atoms with Crippen molar-refractivity contribution in [1.29, 1.82) is 0 Å². The number of rotatable bonds is 7. The molecular weight excluding hydrogens is 346 g/mol. The minimum atomic E-state index is -0.330. The van der Waals surface area contributed by atoms with E-state index in [2.05, 4.69) is 10.2 Å². The molecule has 0 radical (unpaired) electrons. The first-order chi connectivity index (χ1) is 11.9. The van der Waals surface area contributed by atoms with Gasteiger partial charge in [0, 0.05) is 19.7 Å². The summed E-state index contributed by atoms with van der Waals surface area (Å²) < 4.78 is 21.6. The number of methoxy groups -OCH3 is 3. The molecule has 1 aromatic carbocycles. The predicted molar refractivity (Wildman–Crippen MR) is 93.4 cm³/mol. The van der Waals surface area contributed by atoms with Crippen molar-refractivity contribution in [3.05, 3.63) is 12.1 Å². The highest BCUT2D eigenvalue weighted by atomic mass is 32.2. The molecule has 25 heavy (non-hydrogen) atoms. The lowest BCUT2D eigenvalue weighted by atomic mass is 10.2. The molecule has 0 saturated heterocycles. The molecule has 0 N–H and O–H groups in total. The van der Waals surface area contributed by atoms with Gasteiger partial charge in [0.25, 0.3) is 5.22 Å². The van der Waals surface area contributed by atoms with Crippen LogP contribution in [-0.4, -0.2) is 61.7 Å². The predicted octanol–water partition coefficient (Wildman–Crippen LogP) is 2.33. The number of hydrogen-bond donors (Lipinski definition) is 0. The maximum absolute atomic E-state index is 11.9. The van der Waals surface area contributed by atoms with Crippen LogP contribution >= 0.6 is 11.8 Å². The first-order valence-corrected chi connectivity index (χ1v) is 8.30. The molecule has 8 nitrogen and oxygen atoms in total. The van der Waals surface area contributed by atoms with E-state index in [9.17, 15) is 4.79 Å². The van der Waals surface area contributed by atoms with Crippen molar-refractivity contribution in [1.82, 2.24) is 15.1 Å². The third kappa shape index (κ3) is 4.16. The first-order valence-electron chi connectivity index (χ1n) is 7.43. The van der Waals surface area contributed by atoms with Gasteiger partial charge in [0.2, 0.25) is 17.5 Å². The standard InChI is InChI=1S/C16H21N3O5S/c1-9(15(20)19(2)3)25-16-18-17-14(24-16)10-7-11(21-4)13(23-6)12(8-10)22-5/h7-9H,1-6H3/t9-/m0/s1. The SMILES string of the molecule is COc1cc(-c2nnc(S[C@@H](C)C(=O)N(C)C)o2)cc(OC)c1OC. The molecule has 1 amide bonds. The van der Waals surface area contributed by atoms with Gasteiger partial charge >= 0.3 is 0 Å². The molecule has 2 aromatic rings. The van der Waals surface area contributed by atoms with Crippen molar-refractivity contribution in [2.75, 3.05) is 35.4 Å². The van der Waals surface area contributed by atoms with Gasteiger partial charge in [-0.25, -0.2) is 0 Å². The van der Waals surface area contributed by atoms with E-state index in [0.29, 0.717) is 33.9 Å². The third-order valence-electron chi connectivity index (χ3n) is 3.38. The van der Waals surface area contributed by atoms with Crippen molar-refractivity contribution in [3.63, 3.8) is 0 Å². The van der Waals surface area contributed by atoms with Gasteiger partial charge < -0.3 is 23.5 Å². The summed E-state index contributed by atoms with van der Waals surface area (Å²) in [6.45, 7) is 1.79. The van der Waals surface area contributed by atoms with Crippen LogP contribution in [0, 0.1) is 0 Å². The normalized spacial score (nSPS) is 11.8. The fraction of sp³-hybridized carbons (Fsp3) is 0.438. The number of ether oxygens (including phenoxy) is 3. The van der Waals surface area contributed by atoms with Gasteiger partial charge in [0.15, 0.2) is 11.5 Å². The lowest BCUT2D eigenvalue weighted by Gasteiger charge is -2.14. The second kappa shape index (κ2) is 8.11. The Labute approximate surface area is 150 Å². The molecule has 1 aromatic heterocycles. The van der Waals surface area contributed by atoms with E-state index < -0.39 is 0 Å². The van der Waals surface area contributed by atoms with Crippen LogP contribution in [0.2, 0.25) is 0 Å². The summed E-state index contributed by atoms with van der Waals surface area (Å²) in [6.07, 6.45) is 0. The van der Waals surface area contributed by atoms with Crippen molar-refractivity contribution >= 4 is 17.7 Å². The average molecular weight is 367 g/mol. The number of carbonyl (C=O) groups is 1. The molecule has 0 spiro atoms. The number of nitrogens with zero attached hydrogens (tertiary/aromatic N) is 3. The van der Waals surface area contributed by atoms with E-state index in [1.165, 1.54) is 38.0 Å². The molecule has 9 heteroatoms. The van der Waals surface area contributed by atoms with E-state index in [0.717, 1.165) is 0 Å². The molecule has 0 aliphatic rings. The van der Waals surface area contributed by atoms with E-state index >= 15 is 0 Å². The largest absolute Gasteiger partial charge is 0.493 e. The Balaban J connectivity index is 2.29. The molecule has 0 aliphatic carbocycles. The minimum Gasteiger partial charge on any atom is -0.493 e. The van der Waals surface area contributed by atoms with Gasteiger partial charge in [-0.2, -0.15) is 0 Å². The molecule has 2 rings (SSSR count). The van der Waals surface area contributed by atoms with E-state index in [-0.39, 0.29) is 11.2 Å². The Morgan fingerprint density at radius 3 is 2.20 bits per heavy atom. The topological polar surface area (TPSA) is 86.9 Å². The molecular formula is C16H21N3O5S. The van der Waals surface area contributed by atoms with Crippen LogP contribution in [0.25, 0.3) is 11.5 Å². The number of carbonyl (C=O) groups excluding carboxylic acids is 1. The van der Waals surface area contributed by atoms with Gasteiger partial charge in [0.05, 0.1) is 26.6 Å². The Hall–Kier alpha value is -2.42. The Morgan fingerprint density at radius 2 is 1.72 bits per heavy atom. The lowest BCUT2D eigenvalue weighted by Crippen LogP contribution is -2.29. The fourth-order valence-corrected chi connectivity index (χ4v) is 2.97. The van der Waals surface area contributed by atoms with Crippen molar-refractivity contribution in [2.45, 2.75) is 17.4 Å². The smallest absolute Gasteiger partial charge is 0.277 e. The van der Waals surface area contributed by atoms with Crippen LogP contribution in [0.15, 0.2) is 21.8 Å². The van der Waals surface area contributed by atoms with Crippen molar-refractivity contribution in [3.8, 4) is 28.7 Å². The lowest BCUT2D eigenvalue weighted by molar-refractivity contribution is -0.127. The number of aromatic nitrogens is 2. The second-order valence-corrected chi connectivity index (χ2v) is 6.57. The zero-order chi connectivity index (χ0) is 18.6. The second-order valence-electron chi connectivity index (χ2n) is 5.28. The molecule has 0 fully saturated rings. The van der Waals surface area contributed by atoms with E-state index in [1.807, 2.05) is 0 Å². The highest BCUT2D eigenvalue weighted by Gasteiger charge is 2.21. The highest BCUT2D eigenvalue weighted by molar-refractivity contribution is 8.00. The van der Waals surface area contributed by atoms with Gasteiger partial charge in [0.1, 0.15) is 0 Å². The Bertz CT molecular complexity index is 722. The summed E-state index contributed by atoms with van der Waals surface area (Å²) in [6, 6.07) is 3.44. The van der Waals surface area contributed by atoms with Crippen molar-refractivity contribution < 1.29 is 23.4 Å². The maximum Gasteiger partial charge on any atom is 0.277 e. The van der Waals surface area contributed by atoms with Crippen LogP contribution in [0.5, 0.6) is 17.2 Å². The Kier molecular flexibility index (Phi) is 6.13. The van der Waals surface area contributed by atoms with Crippen LogP contribution in [0.1, 0.15) is 6.92 Å². The first kappa shape index (κ1) is 18.9. The van der Waals surface area contributed by atoms with Crippen LogP contribution in [0.4, 0.5) is 0 Å². The molecule has 0 aliphatic heterocycles. The highest BCUT2D eigenvalue weighted by Crippen LogP contribution is 2.41. The van der Waals surface area contributed by atoms with E-state index in [4.69, 9.17) is 18.6 Å². The molecule has 1 heterocycles. The van der Waals surface area contributed by atoms with Gasteiger partial charge in [-0.15, -0.1) is 10.2 Å². The zero-order valence-electron chi connectivity index (χ0n) is 15.0. The summed E-state index contributed by atoms with van der Waals surface area (Å²) in [4.78, 5) is 13.5. The number of benzene rings is 1. The van der Waals surface area contributed by atoms with Crippen LogP contribution in [-0.2, 0) is 4.79 Å². The van der Waals surface area contributed by atoms with Gasteiger partial charge in [-0.1, -0.05) is 11.8 Å². The molecule has 0 unspecified atom stereocenters. The van der Waals surface area contributed by atoms with Crippen molar-refractivity contribution in [2.24, 2.45) is 0 Å². The molecule has 0 bridgehead atoms. The summed E-state index contributed by atoms with van der Waals surface area (Å²) in [5.74, 6) is 1.72. The van der Waals surface area contributed by atoms with Gasteiger partial charge in [-0.05, 0) is 19.1 Å². The Morgan fingerprint density at radius 1 is 1.12 bits per heavy atom. The quantitative estimate of drug-likeness (QED) is 0.689. The zero-order valence-corrected chi connectivity index (χ0v) is 15.8. The third-order valence-corrected chi connectivity index (χ3v) is 4.31. The minimum absolute atomic E-state index is 0.0301. The molecule has 1 atom stereocenters. The molecule has 136 valence electrons. The summed E-state index contributed by atoms with van der Waals surface area (Å²) in [5.41, 5.74) is 0.625.